The van der Waals surface area contributed by atoms with Gasteiger partial charge in [0.05, 0.1) is 6.54 Å². The maximum atomic E-state index is 11.9. The second kappa shape index (κ2) is 4.51. The molecule has 2 aliphatic rings. The molecule has 0 N–H and O–H groups in total. The minimum Gasteiger partial charge on any atom is -0.488 e. The average Bonchev–Trinajstić information content (AvgIpc) is 3.02. The first-order valence-corrected chi connectivity index (χ1v) is 7.26. The van der Waals surface area contributed by atoms with Gasteiger partial charge >= 0.3 is 0 Å². The summed E-state index contributed by atoms with van der Waals surface area (Å²) in [5.41, 5.74) is 3.41. The van der Waals surface area contributed by atoms with Gasteiger partial charge in [-0.1, -0.05) is 18.2 Å². The molecule has 1 aliphatic carbocycles. The van der Waals surface area contributed by atoms with Crippen LogP contribution in [0.25, 0.3) is 0 Å². The third-order valence-corrected chi connectivity index (χ3v) is 4.24. The highest BCUT2D eigenvalue weighted by molar-refractivity contribution is 5.98. The first-order valence-electron chi connectivity index (χ1n) is 7.26. The molecule has 1 aromatic carbocycles. The van der Waals surface area contributed by atoms with Crippen molar-refractivity contribution in [2.24, 2.45) is 0 Å². The molecular weight excluding hydrogens is 250 g/mol. The highest BCUT2D eigenvalue weighted by Crippen LogP contribution is 2.29. The quantitative estimate of drug-likeness (QED) is 0.837. The van der Waals surface area contributed by atoms with Gasteiger partial charge in [-0.25, -0.2) is 0 Å². The van der Waals surface area contributed by atoms with Crippen molar-refractivity contribution >= 4 is 5.78 Å². The number of nitrogens with zero attached hydrogens (tertiary/aromatic N) is 1. The van der Waals surface area contributed by atoms with Crippen LogP contribution in [0.4, 0.5) is 0 Å². The lowest BCUT2D eigenvalue weighted by atomic mass is 9.95. The zero-order chi connectivity index (χ0) is 13.5. The number of carbonyl (C=O) groups excluding carboxylic acids is 1. The van der Waals surface area contributed by atoms with Crippen molar-refractivity contribution in [2.45, 2.75) is 38.3 Å². The van der Waals surface area contributed by atoms with Crippen molar-refractivity contribution in [1.29, 1.82) is 0 Å². The van der Waals surface area contributed by atoms with Crippen LogP contribution in [0.5, 0.6) is 5.75 Å². The number of aromatic nitrogens is 1. The predicted molar refractivity (Wildman–Crippen MR) is 76.3 cm³/mol. The molecular formula is C17H17NO2. The smallest absolute Gasteiger partial charge is 0.164 e. The maximum absolute atomic E-state index is 11.9. The molecule has 3 nitrogen and oxygen atoms in total. The normalized spacial score (nSPS) is 20.4. The number of ether oxygens (including phenoxy) is 1. The number of rotatable bonds is 2. The number of aryl methyl sites for hydroxylation is 1. The van der Waals surface area contributed by atoms with E-state index < -0.39 is 0 Å². The van der Waals surface area contributed by atoms with Crippen molar-refractivity contribution in [3.8, 4) is 5.75 Å². The van der Waals surface area contributed by atoms with Gasteiger partial charge in [0.25, 0.3) is 0 Å². The summed E-state index contributed by atoms with van der Waals surface area (Å²) in [5.74, 6) is 1.30. The van der Waals surface area contributed by atoms with Crippen LogP contribution in [0.2, 0.25) is 0 Å². The third kappa shape index (κ3) is 1.94. The number of para-hydroxylation sites is 1. The monoisotopic (exact) mass is 267 g/mol. The molecule has 1 aliphatic heterocycles. The fourth-order valence-electron chi connectivity index (χ4n) is 3.28. The van der Waals surface area contributed by atoms with E-state index in [2.05, 4.69) is 22.9 Å². The standard InChI is InChI=1S/C17H17NO2/c19-16-6-3-5-13-9-18(11-15(13)16)10-14-8-12-4-1-2-7-17(12)20-14/h1-2,4,7,9,11,14H,3,5-6,8,10H2. The summed E-state index contributed by atoms with van der Waals surface area (Å²) in [6.07, 6.45) is 7.97. The molecule has 1 atom stereocenters. The van der Waals surface area contributed by atoms with Gasteiger partial charge in [0.1, 0.15) is 11.9 Å². The van der Waals surface area contributed by atoms with Crippen LogP contribution in [-0.2, 0) is 19.4 Å². The number of carbonyl (C=O) groups is 1. The number of ketones is 1. The summed E-state index contributed by atoms with van der Waals surface area (Å²) >= 11 is 0. The van der Waals surface area contributed by atoms with Crippen LogP contribution in [0.1, 0.15) is 34.3 Å². The Hall–Kier alpha value is -2.03. The molecule has 0 saturated carbocycles. The number of Topliss-reactive ketones (excluding diaryl/α,β-unsaturated/α-hetero) is 1. The molecule has 0 radical (unpaired) electrons. The summed E-state index contributed by atoms with van der Waals surface area (Å²) in [6.45, 7) is 0.814. The lowest BCUT2D eigenvalue weighted by molar-refractivity contribution is 0.0972. The molecule has 20 heavy (non-hydrogen) atoms. The van der Waals surface area contributed by atoms with Gasteiger partial charge in [-0.15, -0.1) is 0 Å². The minimum absolute atomic E-state index is 0.177. The Morgan fingerprint density at radius 1 is 1.15 bits per heavy atom. The van der Waals surface area contributed by atoms with Crippen molar-refractivity contribution in [3.05, 3.63) is 53.3 Å². The summed E-state index contributed by atoms with van der Waals surface area (Å²) in [4.78, 5) is 11.9. The zero-order valence-corrected chi connectivity index (χ0v) is 11.3. The molecule has 1 unspecified atom stereocenters. The van der Waals surface area contributed by atoms with Crippen molar-refractivity contribution in [2.75, 3.05) is 0 Å². The predicted octanol–water partition coefficient (Wildman–Crippen LogP) is 3.01. The third-order valence-electron chi connectivity index (χ3n) is 4.24. The molecule has 3 heteroatoms. The second-order valence-electron chi connectivity index (χ2n) is 5.72. The Bertz CT molecular complexity index is 646. The van der Waals surface area contributed by atoms with Crippen LogP contribution < -0.4 is 4.74 Å². The van der Waals surface area contributed by atoms with E-state index in [1.807, 2.05) is 18.3 Å². The molecule has 2 heterocycles. The summed E-state index contributed by atoms with van der Waals surface area (Å²) in [7, 11) is 0. The Labute approximate surface area is 118 Å². The van der Waals surface area contributed by atoms with Crippen LogP contribution in [-0.4, -0.2) is 16.5 Å². The largest absolute Gasteiger partial charge is 0.488 e. The zero-order valence-electron chi connectivity index (χ0n) is 11.3. The molecule has 102 valence electrons. The van der Waals surface area contributed by atoms with Crippen molar-refractivity contribution in [1.82, 2.24) is 4.57 Å². The summed E-state index contributed by atoms with van der Waals surface area (Å²) < 4.78 is 8.09. The van der Waals surface area contributed by atoms with E-state index in [9.17, 15) is 4.79 Å². The molecule has 0 spiro atoms. The molecule has 4 rings (SSSR count). The van der Waals surface area contributed by atoms with E-state index in [0.29, 0.717) is 12.2 Å². The summed E-state index contributed by atoms with van der Waals surface area (Å²) in [5, 5.41) is 0. The molecule has 2 aromatic rings. The van der Waals surface area contributed by atoms with Gasteiger partial charge in [0.15, 0.2) is 5.78 Å². The first kappa shape index (κ1) is 11.8. The fourth-order valence-corrected chi connectivity index (χ4v) is 3.28. The second-order valence-corrected chi connectivity index (χ2v) is 5.72. The van der Waals surface area contributed by atoms with E-state index in [4.69, 9.17) is 4.74 Å². The highest BCUT2D eigenvalue weighted by Gasteiger charge is 2.24. The Balaban J connectivity index is 1.52. The van der Waals surface area contributed by atoms with Gasteiger partial charge in [-0.2, -0.15) is 0 Å². The van der Waals surface area contributed by atoms with Crippen molar-refractivity contribution in [3.63, 3.8) is 0 Å². The average molecular weight is 267 g/mol. The molecule has 0 saturated heterocycles. The number of fused-ring (bicyclic) bond motifs is 2. The van der Waals surface area contributed by atoms with Gasteiger partial charge in [0.2, 0.25) is 0 Å². The van der Waals surface area contributed by atoms with Crippen LogP contribution >= 0.6 is 0 Å². The molecule has 1 aromatic heterocycles. The van der Waals surface area contributed by atoms with E-state index in [0.717, 1.165) is 37.1 Å². The highest BCUT2D eigenvalue weighted by atomic mass is 16.5. The minimum atomic E-state index is 0.177. The van der Waals surface area contributed by atoms with Gasteiger partial charge < -0.3 is 9.30 Å². The number of hydrogen-bond acceptors (Lipinski definition) is 2. The fraction of sp³-hybridized carbons (Fsp3) is 0.353. The van der Waals surface area contributed by atoms with E-state index in [-0.39, 0.29) is 6.10 Å². The molecule has 0 fully saturated rings. The van der Waals surface area contributed by atoms with Crippen molar-refractivity contribution < 1.29 is 9.53 Å². The molecule has 0 bridgehead atoms. The lowest BCUT2D eigenvalue weighted by Gasteiger charge is -2.11. The maximum Gasteiger partial charge on any atom is 0.164 e. The molecule has 0 amide bonds. The Morgan fingerprint density at radius 2 is 2.05 bits per heavy atom. The van der Waals surface area contributed by atoms with Crippen LogP contribution in [0, 0.1) is 0 Å². The van der Waals surface area contributed by atoms with Gasteiger partial charge in [-0.3, -0.25) is 4.79 Å². The number of hydrogen-bond donors (Lipinski definition) is 0. The lowest BCUT2D eigenvalue weighted by Crippen LogP contribution is -2.19. The van der Waals surface area contributed by atoms with Crippen LogP contribution in [0.15, 0.2) is 36.7 Å². The van der Waals surface area contributed by atoms with Gasteiger partial charge in [-0.05, 0) is 30.0 Å². The topological polar surface area (TPSA) is 31.2 Å². The van der Waals surface area contributed by atoms with E-state index in [1.54, 1.807) is 0 Å². The van der Waals surface area contributed by atoms with E-state index >= 15 is 0 Å². The summed E-state index contributed by atoms with van der Waals surface area (Å²) in [6, 6.07) is 8.21. The Kier molecular flexibility index (Phi) is 2.66. The van der Waals surface area contributed by atoms with Gasteiger partial charge in [0, 0.05) is 30.8 Å². The SMILES string of the molecule is O=C1CCCc2cn(CC3Cc4ccccc4O3)cc21. The number of benzene rings is 1. The van der Waals surface area contributed by atoms with E-state index in [1.165, 1.54) is 11.1 Å². The van der Waals surface area contributed by atoms with Crippen LogP contribution in [0.3, 0.4) is 0 Å². The Morgan fingerprint density at radius 3 is 2.90 bits per heavy atom. The first-order chi connectivity index (χ1) is 9.79.